The second-order valence-electron chi connectivity index (χ2n) is 5.23. The predicted molar refractivity (Wildman–Crippen MR) is 104 cm³/mol. The second kappa shape index (κ2) is 8.26. The van der Waals surface area contributed by atoms with Gasteiger partial charge < -0.3 is 4.74 Å². The smallest absolute Gasteiger partial charge is 0.0737 e. The van der Waals surface area contributed by atoms with Crippen LogP contribution in [0, 0.1) is 0 Å². The zero-order chi connectivity index (χ0) is 15.3. The third kappa shape index (κ3) is 3.48. The summed E-state index contributed by atoms with van der Waals surface area (Å²) >= 11 is 0. The van der Waals surface area contributed by atoms with E-state index in [1.165, 1.54) is 15.9 Å². The quantitative estimate of drug-likeness (QED) is 0.636. The molecule has 1 nitrogen and oxygen atoms in total. The van der Waals surface area contributed by atoms with E-state index in [1.807, 2.05) is 0 Å². The minimum atomic E-state index is -1.78. The number of halogens is 1. The van der Waals surface area contributed by atoms with Gasteiger partial charge in [0.1, 0.15) is 0 Å². The molecular formula is C20H21ClOP. The van der Waals surface area contributed by atoms with E-state index in [0.29, 0.717) is 6.35 Å². The first kappa shape index (κ1) is 17.7. The summed E-state index contributed by atoms with van der Waals surface area (Å²) < 4.78 is 5.72. The van der Waals surface area contributed by atoms with E-state index >= 15 is 0 Å². The SMILES string of the molecule is COC[P](c1ccccc1)(c1ccccc1)c1ccccc1.Cl. The van der Waals surface area contributed by atoms with Crippen molar-refractivity contribution in [3.05, 3.63) is 91.0 Å². The fourth-order valence-electron chi connectivity index (χ4n) is 2.91. The minimum Gasteiger partial charge on any atom is -0.380 e. The highest BCUT2D eigenvalue weighted by atomic mass is 35.5. The van der Waals surface area contributed by atoms with Gasteiger partial charge in [0, 0.05) is 7.11 Å². The highest BCUT2D eigenvalue weighted by molar-refractivity contribution is 7.95. The van der Waals surface area contributed by atoms with Crippen LogP contribution in [0.1, 0.15) is 0 Å². The highest BCUT2D eigenvalue weighted by Crippen LogP contribution is 2.54. The normalized spacial score (nSPS) is 10.8. The Kier molecular flexibility index (Phi) is 6.36. The van der Waals surface area contributed by atoms with Crippen LogP contribution in [0.2, 0.25) is 0 Å². The van der Waals surface area contributed by atoms with Crippen molar-refractivity contribution < 1.29 is 4.74 Å². The molecule has 3 aromatic carbocycles. The van der Waals surface area contributed by atoms with Crippen LogP contribution in [-0.4, -0.2) is 13.5 Å². The van der Waals surface area contributed by atoms with Gasteiger partial charge in [-0.1, -0.05) is 91.0 Å². The maximum absolute atomic E-state index is 5.72. The number of benzene rings is 3. The summed E-state index contributed by atoms with van der Waals surface area (Å²) in [6.07, 6.45) is 0.713. The molecule has 23 heavy (non-hydrogen) atoms. The lowest BCUT2D eigenvalue weighted by Crippen LogP contribution is -2.33. The number of hydrogen-bond donors (Lipinski definition) is 0. The van der Waals surface area contributed by atoms with Gasteiger partial charge in [-0.2, -0.15) is 0 Å². The van der Waals surface area contributed by atoms with Gasteiger partial charge in [0.05, 0.1) is 6.35 Å². The Hall–Kier alpha value is -1.66. The van der Waals surface area contributed by atoms with Crippen molar-refractivity contribution in [1.29, 1.82) is 0 Å². The van der Waals surface area contributed by atoms with E-state index in [2.05, 4.69) is 91.0 Å². The molecule has 0 spiro atoms. The minimum absolute atomic E-state index is 0. The van der Waals surface area contributed by atoms with Crippen molar-refractivity contribution in [2.45, 2.75) is 0 Å². The van der Waals surface area contributed by atoms with E-state index in [-0.39, 0.29) is 12.4 Å². The van der Waals surface area contributed by atoms with Gasteiger partial charge in [-0.3, -0.25) is 0 Å². The maximum Gasteiger partial charge on any atom is 0.0737 e. The summed E-state index contributed by atoms with van der Waals surface area (Å²) in [6, 6.07) is 32.3. The molecule has 3 rings (SSSR count). The average molecular weight is 344 g/mol. The Balaban J connectivity index is 0.00000192. The van der Waals surface area contributed by atoms with Crippen LogP contribution in [0.3, 0.4) is 0 Å². The van der Waals surface area contributed by atoms with Gasteiger partial charge in [0.15, 0.2) is 0 Å². The third-order valence-electron chi connectivity index (χ3n) is 3.91. The van der Waals surface area contributed by atoms with E-state index in [1.54, 1.807) is 7.11 Å². The molecule has 0 aliphatic carbocycles. The fraction of sp³-hybridized carbons (Fsp3) is 0.100. The molecule has 0 aromatic heterocycles. The largest absolute Gasteiger partial charge is 0.380 e. The number of hydrogen-bond acceptors (Lipinski definition) is 1. The van der Waals surface area contributed by atoms with Gasteiger partial charge in [-0.25, -0.2) is 0 Å². The highest BCUT2D eigenvalue weighted by Gasteiger charge is 2.33. The van der Waals surface area contributed by atoms with Gasteiger partial charge >= 0.3 is 0 Å². The van der Waals surface area contributed by atoms with Crippen LogP contribution in [0.25, 0.3) is 0 Å². The van der Waals surface area contributed by atoms with Crippen molar-refractivity contribution >= 4 is 35.6 Å². The van der Waals surface area contributed by atoms with Crippen molar-refractivity contribution in [2.75, 3.05) is 13.5 Å². The molecule has 0 bridgehead atoms. The van der Waals surface area contributed by atoms with Gasteiger partial charge in [0.2, 0.25) is 0 Å². The van der Waals surface area contributed by atoms with Crippen LogP contribution < -0.4 is 15.9 Å². The van der Waals surface area contributed by atoms with Crippen LogP contribution in [0.15, 0.2) is 91.0 Å². The molecule has 1 radical (unpaired) electrons. The van der Waals surface area contributed by atoms with Gasteiger partial charge in [0.25, 0.3) is 0 Å². The monoisotopic (exact) mass is 343 g/mol. The fourth-order valence-corrected chi connectivity index (χ4v) is 6.68. The van der Waals surface area contributed by atoms with Gasteiger partial charge in [-0.05, 0) is 23.2 Å². The molecule has 0 heterocycles. The number of ether oxygens (including phenoxy) is 1. The first-order valence-electron chi connectivity index (χ1n) is 7.42. The lowest BCUT2D eigenvalue weighted by atomic mass is 10.4. The molecule has 0 saturated heterocycles. The molecule has 0 atom stereocenters. The first-order chi connectivity index (χ1) is 10.9. The molecule has 0 amide bonds. The zero-order valence-electron chi connectivity index (χ0n) is 13.1. The Morgan fingerprint density at radius 2 is 0.913 bits per heavy atom. The molecule has 0 N–H and O–H groups in total. The van der Waals surface area contributed by atoms with E-state index in [0.717, 1.165) is 0 Å². The summed E-state index contributed by atoms with van der Waals surface area (Å²) in [5, 5.41) is 4.07. The summed E-state index contributed by atoms with van der Waals surface area (Å²) in [5.41, 5.74) is 0. The number of methoxy groups -OCH3 is 1. The van der Waals surface area contributed by atoms with Crippen molar-refractivity contribution in [3.63, 3.8) is 0 Å². The summed E-state index contributed by atoms with van der Waals surface area (Å²) in [5.74, 6) is 0. The van der Waals surface area contributed by atoms with E-state index in [9.17, 15) is 0 Å². The Bertz CT molecular complexity index is 605. The van der Waals surface area contributed by atoms with Crippen LogP contribution >= 0.6 is 19.7 Å². The summed E-state index contributed by atoms with van der Waals surface area (Å²) in [6.45, 7) is 0. The Morgan fingerprint density at radius 1 is 0.609 bits per heavy atom. The van der Waals surface area contributed by atoms with E-state index in [4.69, 9.17) is 4.74 Å². The third-order valence-corrected chi connectivity index (χ3v) is 8.10. The molecule has 0 unspecified atom stereocenters. The molecule has 0 fully saturated rings. The van der Waals surface area contributed by atoms with Crippen LogP contribution in [0.4, 0.5) is 0 Å². The molecule has 119 valence electrons. The average Bonchev–Trinajstić information content (AvgIpc) is 2.62. The van der Waals surface area contributed by atoms with Crippen LogP contribution in [0.5, 0.6) is 0 Å². The second-order valence-corrected chi connectivity index (χ2v) is 8.66. The zero-order valence-corrected chi connectivity index (χ0v) is 14.8. The Morgan fingerprint density at radius 3 is 1.17 bits per heavy atom. The first-order valence-corrected chi connectivity index (χ1v) is 9.39. The van der Waals surface area contributed by atoms with Gasteiger partial charge in [-0.15, -0.1) is 12.4 Å². The molecular weight excluding hydrogens is 323 g/mol. The topological polar surface area (TPSA) is 9.23 Å². The molecule has 3 aromatic rings. The molecule has 0 aliphatic heterocycles. The number of rotatable bonds is 5. The maximum atomic E-state index is 5.72. The summed E-state index contributed by atoms with van der Waals surface area (Å²) in [4.78, 5) is 0. The lowest BCUT2D eigenvalue weighted by molar-refractivity contribution is 0.255. The predicted octanol–water partition coefficient (Wildman–Crippen LogP) is 4.01. The van der Waals surface area contributed by atoms with Crippen molar-refractivity contribution in [1.82, 2.24) is 0 Å². The van der Waals surface area contributed by atoms with Crippen molar-refractivity contribution in [3.8, 4) is 0 Å². The lowest BCUT2D eigenvalue weighted by Gasteiger charge is -2.37. The molecule has 3 heteroatoms. The summed E-state index contributed by atoms with van der Waals surface area (Å²) in [7, 11) is 0.0197. The molecule has 0 aliphatic rings. The van der Waals surface area contributed by atoms with E-state index < -0.39 is 7.26 Å². The standard InChI is InChI=1S/C20H20OP.ClH/c1-21-17-22(18-11-5-2-6-12-18,19-13-7-3-8-14-19)20-15-9-4-10-16-20;/h2-16H,17H2,1H3;1H. The van der Waals surface area contributed by atoms with Crippen molar-refractivity contribution in [2.24, 2.45) is 0 Å². The van der Waals surface area contributed by atoms with Crippen LogP contribution in [-0.2, 0) is 4.74 Å². The Labute approximate surface area is 145 Å². The molecule has 0 saturated carbocycles.